The van der Waals surface area contributed by atoms with E-state index in [1.165, 1.54) is 40.9 Å². The number of rotatable bonds is 6. The minimum Gasteiger partial charge on any atom is -0.486 e. The Morgan fingerprint density at radius 3 is 2.65 bits per heavy atom. The molecule has 0 saturated carbocycles. The van der Waals surface area contributed by atoms with Gasteiger partial charge in [0.15, 0.2) is 16.2 Å². The van der Waals surface area contributed by atoms with Crippen molar-refractivity contribution < 1.29 is 9.53 Å². The van der Waals surface area contributed by atoms with Gasteiger partial charge in [-0.05, 0) is 24.3 Å². The number of amides is 1. The Kier molecular flexibility index (Phi) is 5.57. The van der Waals surface area contributed by atoms with E-state index in [4.69, 9.17) is 16.3 Å². The standard InChI is InChI=1S/C18H16ClN7O4S/c1-24-15-14(16(28)25(2)18(24)29)26(9-20-15)7-12(27)21-17-23-22-13(31-17)8-30-11-5-3-10(19)4-6-11/h3-6,9H,7-8H2,1-2H3,(H,21,23,27). The predicted molar refractivity (Wildman–Crippen MR) is 115 cm³/mol. The summed E-state index contributed by atoms with van der Waals surface area (Å²) < 4.78 is 9.21. The summed E-state index contributed by atoms with van der Waals surface area (Å²) >= 11 is 7.01. The molecule has 4 rings (SSSR count). The lowest BCUT2D eigenvalue weighted by Crippen LogP contribution is -2.37. The monoisotopic (exact) mass is 461 g/mol. The van der Waals surface area contributed by atoms with Crippen LogP contribution in [0.5, 0.6) is 5.75 Å². The zero-order chi connectivity index (χ0) is 22.1. The highest BCUT2D eigenvalue weighted by atomic mass is 35.5. The second kappa shape index (κ2) is 8.32. The van der Waals surface area contributed by atoms with E-state index >= 15 is 0 Å². The average Bonchev–Trinajstić information content (AvgIpc) is 3.37. The first-order valence-electron chi connectivity index (χ1n) is 8.95. The Morgan fingerprint density at radius 1 is 1.16 bits per heavy atom. The number of hydrogen-bond acceptors (Lipinski definition) is 8. The molecule has 11 nitrogen and oxygen atoms in total. The second-order valence-electron chi connectivity index (χ2n) is 6.54. The van der Waals surface area contributed by atoms with E-state index in [0.717, 1.165) is 4.57 Å². The van der Waals surface area contributed by atoms with Crippen molar-refractivity contribution in [3.8, 4) is 5.75 Å². The van der Waals surface area contributed by atoms with Crippen LogP contribution < -0.4 is 21.3 Å². The molecule has 4 aromatic rings. The van der Waals surface area contributed by atoms with Crippen molar-refractivity contribution in [1.82, 2.24) is 28.9 Å². The number of nitrogens with one attached hydrogen (secondary N) is 1. The molecule has 0 aliphatic heterocycles. The maximum Gasteiger partial charge on any atom is 0.332 e. The normalized spacial score (nSPS) is 11.1. The van der Waals surface area contributed by atoms with Gasteiger partial charge in [0.05, 0.1) is 6.33 Å². The molecule has 0 spiro atoms. The van der Waals surface area contributed by atoms with Gasteiger partial charge < -0.3 is 9.30 Å². The molecule has 0 saturated heterocycles. The van der Waals surface area contributed by atoms with Crippen LogP contribution in [-0.2, 0) is 32.0 Å². The number of aromatic nitrogens is 6. The van der Waals surface area contributed by atoms with Crippen LogP contribution in [0.4, 0.5) is 5.13 Å². The molecule has 160 valence electrons. The number of imidazole rings is 1. The third-order valence-corrected chi connectivity index (χ3v) is 5.48. The van der Waals surface area contributed by atoms with Crippen molar-refractivity contribution in [1.29, 1.82) is 0 Å². The summed E-state index contributed by atoms with van der Waals surface area (Å²) in [5, 5.41) is 12.0. The largest absolute Gasteiger partial charge is 0.486 e. The molecule has 0 fully saturated rings. The van der Waals surface area contributed by atoms with Gasteiger partial charge in [0.1, 0.15) is 18.9 Å². The fourth-order valence-corrected chi connectivity index (χ4v) is 3.66. The van der Waals surface area contributed by atoms with Crippen molar-refractivity contribution in [2.24, 2.45) is 14.1 Å². The molecule has 13 heteroatoms. The smallest absolute Gasteiger partial charge is 0.332 e. The van der Waals surface area contributed by atoms with Crippen molar-refractivity contribution >= 4 is 45.1 Å². The average molecular weight is 462 g/mol. The first-order chi connectivity index (χ1) is 14.8. The Morgan fingerprint density at radius 2 is 1.90 bits per heavy atom. The quantitative estimate of drug-likeness (QED) is 0.456. The van der Waals surface area contributed by atoms with Crippen LogP contribution in [-0.4, -0.2) is 34.8 Å². The van der Waals surface area contributed by atoms with Gasteiger partial charge in [-0.25, -0.2) is 9.78 Å². The lowest BCUT2D eigenvalue weighted by Gasteiger charge is -2.06. The van der Waals surface area contributed by atoms with Crippen LogP contribution >= 0.6 is 22.9 Å². The van der Waals surface area contributed by atoms with E-state index in [0.29, 0.717) is 20.9 Å². The zero-order valence-electron chi connectivity index (χ0n) is 16.4. The summed E-state index contributed by atoms with van der Waals surface area (Å²) in [5.74, 6) is 0.213. The maximum atomic E-state index is 12.5. The number of carbonyl (C=O) groups excluding carboxylic acids is 1. The first-order valence-corrected chi connectivity index (χ1v) is 10.1. The molecule has 0 aliphatic rings. The molecule has 0 bridgehead atoms. The van der Waals surface area contributed by atoms with Gasteiger partial charge in [-0.2, -0.15) is 0 Å². The topological polar surface area (TPSA) is 126 Å². The summed E-state index contributed by atoms with van der Waals surface area (Å²) in [5.41, 5.74) is -0.650. The van der Waals surface area contributed by atoms with E-state index in [9.17, 15) is 14.4 Å². The minimum atomic E-state index is -0.527. The van der Waals surface area contributed by atoms with Crippen LogP contribution in [0.15, 0.2) is 40.2 Å². The molecule has 1 N–H and O–H groups in total. The van der Waals surface area contributed by atoms with Gasteiger partial charge >= 0.3 is 5.69 Å². The van der Waals surface area contributed by atoms with Crippen LogP contribution in [0.1, 0.15) is 5.01 Å². The van der Waals surface area contributed by atoms with Crippen molar-refractivity contribution in [3.63, 3.8) is 0 Å². The van der Waals surface area contributed by atoms with Crippen LogP contribution in [0, 0.1) is 0 Å². The van der Waals surface area contributed by atoms with E-state index in [-0.39, 0.29) is 24.3 Å². The highest BCUT2D eigenvalue weighted by Crippen LogP contribution is 2.20. The highest BCUT2D eigenvalue weighted by molar-refractivity contribution is 7.15. The van der Waals surface area contributed by atoms with Crippen LogP contribution in [0.3, 0.4) is 0 Å². The number of anilines is 1. The van der Waals surface area contributed by atoms with E-state index in [2.05, 4.69) is 20.5 Å². The summed E-state index contributed by atoms with van der Waals surface area (Å²) in [6, 6.07) is 6.91. The molecular formula is C18H16ClN7O4S. The summed E-state index contributed by atoms with van der Waals surface area (Å²) in [7, 11) is 2.88. The van der Waals surface area contributed by atoms with Gasteiger partial charge in [-0.15, -0.1) is 10.2 Å². The first kappa shape index (κ1) is 20.8. The molecule has 0 aliphatic carbocycles. The second-order valence-corrected chi connectivity index (χ2v) is 8.04. The summed E-state index contributed by atoms with van der Waals surface area (Å²) in [6.45, 7) is 0.00549. The number of halogens is 1. The van der Waals surface area contributed by atoms with Gasteiger partial charge in [-0.3, -0.25) is 24.0 Å². The predicted octanol–water partition coefficient (Wildman–Crippen LogP) is 1.16. The number of carbonyl (C=O) groups is 1. The summed E-state index contributed by atoms with van der Waals surface area (Å²) in [4.78, 5) is 41.0. The van der Waals surface area contributed by atoms with E-state index in [1.807, 2.05) is 0 Å². The SMILES string of the molecule is Cn1c(=O)c2c(ncn2CC(=O)Nc2nnc(COc3ccc(Cl)cc3)s2)n(C)c1=O. The molecule has 3 heterocycles. The van der Waals surface area contributed by atoms with E-state index in [1.54, 1.807) is 24.3 Å². The molecule has 3 aromatic heterocycles. The molecule has 0 unspecified atom stereocenters. The van der Waals surface area contributed by atoms with Crippen molar-refractivity contribution in [3.05, 3.63) is 61.5 Å². The zero-order valence-corrected chi connectivity index (χ0v) is 18.0. The Labute approximate surface area is 183 Å². The maximum absolute atomic E-state index is 12.5. The van der Waals surface area contributed by atoms with Gasteiger partial charge in [-0.1, -0.05) is 22.9 Å². The van der Waals surface area contributed by atoms with Crippen LogP contribution in [0.2, 0.25) is 5.02 Å². The lowest BCUT2D eigenvalue weighted by molar-refractivity contribution is -0.116. The Balaban J connectivity index is 1.43. The van der Waals surface area contributed by atoms with Gasteiger partial charge in [0.2, 0.25) is 11.0 Å². The lowest BCUT2D eigenvalue weighted by atomic mass is 10.3. The van der Waals surface area contributed by atoms with Gasteiger partial charge in [0, 0.05) is 19.1 Å². The molecule has 31 heavy (non-hydrogen) atoms. The molecule has 1 amide bonds. The third-order valence-electron chi connectivity index (χ3n) is 4.42. The third kappa shape index (κ3) is 4.20. The number of hydrogen-bond donors (Lipinski definition) is 1. The number of fused-ring (bicyclic) bond motifs is 1. The molecule has 0 radical (unpaired) electrons. The van der Waals surface area contributed by atoms with Crippen LogP contribution in [0.25, 0.3) is 11.2 Å². The number of benzene rings is 1. The molecule has 0 atom stereocenters. The minimum absolute atomic E-state index is 0.161. The van der Waals surface area contributed by atoms with Gasteiger partial charge in [0.25, 0.3) is 5.56 Å². The van der Waals surface area contributed by atoms with Crippen molar-refractivity contribution in [2.75, 3.05) is 5.32 Å². The highest BCUT2D eigenvalue weighted by Gasteiger charge is 2.17. The molecule has 1 aromatic carbocycles. The molecular weight excluding hydrogens is 446 g/mol. The Bertz CT molecular complexity index is 1390. The van der Waals surface area contributed by atoms with E-state index < -0.39 is 17.2 Å². The summed E-state index contributed by atoms with van der Waals surface area (Å²) in [6.07, 6.45) is 1.34. The van der Waals surface area contributed by atoms with Crippen molar-refractivity contribution in [2.45, 2.75) is 13.2 Å². The fraction of sp³-hybridized carbons (Fsp3) is 0.222. The Hall–Kier alpha value is -3.51. The number of aryl methyl sites for hydroxylation is 1. The fourth-order valence-electron chi connectivity index (χ4n) is 2.87. The number of nitrogens with zero attached hydrogens (tertiary/aromatic N) is 6. The number of ether oxygens (including phenoxy) is 1.